The Balaban J connectivity index is 1.69. The van der Waals surface area contributed by atoms with Gasteiger partial charge in [-0.05, 0) is 55.1 Å². The molecule has 1 aliphatic carbocycles. The largest absolute Gasteiger partial charge is 0.497 e. The summed E-state index contributed by atoms with van der Waals surface area (Å²) in [6.07, 6.45) is 4.92. The van der Waals surface area contributed by atoms with Crippen LogP contribution >= 0.6 is 0 Å². The maximum atomic E-state index is 11.8. The molecule has 0 aromatic heterocycles. The van der Waals surface area contributed by atoms with Gasteiger partial charge in [0.25, 0.3) is 0 Å². The molecule has 4 aliphatic rings. The van der Waals surface area contributed by atoms with Gasteiger partial charge in [-0.3, -0.25) is 9.69 Å². The highest BCUT2D eigenvalue weighted by Crippen LogP contribution is 2.55. The minimum absolute atomic E-state index is 0.0100. The van der Waals surface area contributed by atoms with Gasteiger partial charge in [0.05, 0.1) is 18.6 Å². The lowest BCUT2D eigenvalue weighted by atomic mass is 9.77. The van der Waals surface area contributed by atoms with E-state index in [1.165, 1.54) is 18.1 Å². The van der Waals surface area contributed by atoms with E-state index in [9.17, 15) is 4.79 Å². The number of methoxy groups -OCH3 is 1. The lowest BCUT2D eigenvalue weighted by Gasteiger charge is -2.39. The zero-order chi connectivity index (χ0) is 17.9. The maximum Gasteiger partial charge on any atom is 0.303 e. The lowest BCUT2D eigenvalue weighted by molar-refractivity contribution is -0.147. The summed E-state index contributed by atoms with van der Waals surface area (Å²) in [5.41, 5.74) is 2.27. The van der Waals surface area contributed by atoms with Crippen LogP contribution in [0.15, 0.2) is 24.0 Å². The highest BCUT2D eigenvalue weighted by molar-refractivity contribution is 5.67. The van der Waals surface area contributed by atoms with E-state index in [0.29, 0.717) is 0 Å². The van der Waals surface area contributed by atoms with E-state index in [1.54, 1.807) is 7.11 Å². The standard InChI is InChI=1S/C20H23NO5/c1-12(22)26-19-17(23-2)10-20-5-3-6-21(20)7-4-13-8-15-16(25-11-24-15)9-14(13)18(19)20/h8-10,18-19H,3-7,11H2,1-2H3/t18-,19+,20-/m0/s1. The third-order valence-corrected chi connectivity index (χ3v) is 6.26. The Labute approximate surface area is 152 Å². The number of nitrogens with zero attached hydrogens (tertiary/aromatic N) is 1. The molecule has 5 rings (SSSR count). The molecular formula is C20H23NO5. The number of esters is 1. The van der Waals surface area contributed by atoms with E-state index >= 15 is 0 Å². The topological polar surface area (TPSA) is 57.2 Å². The van der Waals surface area contributed by atoms with Crippen molar-refractivity contribution in [3.63, 3.8) is 0 Å². The summed E-state index contributed by atoms with van der Waals surface area (Å²) >= 11 is 0. The van der Waals surface area contributed by atoms with Gasteiger partial charge >= 0.3 is 5.97 Å². The van der Waals surface area contributed by atoms with Crippen LogP contribution in [-0.2, 0) is 20.7 Å². The van der Waals surface area contributed by atoms with Crippen molar-refractivity contribution < 1.29 is 23.7 Å². The van der Waals surface area contributed by atoms with Crippen molar-refractivity contribution in [2.75, 3.05) is 27.0 Å². The molecule has 3 heterocycles. The molecule has 0 bridgehead atoms. The Hall–Kier alpha value is -2.21. The van der Waals surface area contributed by atoms with Crippen molar-refractivity contribution in [1.29, 1.82) is 0 Å². The number of benzene rings is 1. The van der Waals surface area contributed by atoms with Gasteiger partial charge < -0.3 is 18.9 Å². The number of hydrogen-bond donors (Lipinski definition) is 0. The molecular weight excluding hydrogens is 334 g/mol. The monoisotopic (exact) mass is 357 g/mol. The molecule has 3 aliphatic heterocycles. The summed E-state index contributed by atoms with van der Waals surface area (Å²) < 4.78 is 22.7. The SMILES string of the molecule is COC1=C[C@]23CCCN2CCc2cc4c(cc2[C@H]3[C@@H]1OC(C)=O)OCO4. The second-order valence-corrected chi connectivity index (χ2v) is 7.49. The van der Waals surface area contributed by atoms with Crippen molar-refractivity contribution >= 4 is 5.97 Å². The number of carbonyl (C=O) groups is 1. The molecule has 3 atom stereocenters. The molecule has 6 nitrogen and oxygen atoms in total. The third-order valence-electron chi connectivity index (χ3n) is 6.26. The van der Waals surface area contributed by atoms with Crippen molar-refractivity contribution in [3.8, 4) is 11.5 Å². The zero-order valence-corrected chi connectivity index (χ0v) is 15.1. The second-order valence-electron chi connectivity index (χ2n) is 7.49. The zero-order valence-electron chi connectivity index (χ0n) is 15.1. The molecule has 0 saturated carbocycles. The number of rotatable bonds is 2. The maximum absolute atomic E-state index is 11.8. The first-order valence-corrected chi connectivity index (χ1v) is 9.24. The highest BCUT2D eigenvalue weighted by Gasteiger charge is 2.58. The first-order chi connectivity index (χ1) is 12.6. The Bertz CT molecular complexity index is 804. The summed E-state index contributed by atoms with van der Waals surface area (Å²) in [5, 5.41) is 0. The fraction of sp³-hybridized carbons (Fsp3) is 0.550. The van der Waals surface area contributed by atoms with Gasteiger partial charge in [-0.1, -0.05) is 0 Å². The molecule has 1 spiro atoms. The van der Waals surface area contributed by atoms with Gasteiger partial charge in [-0.15, -0.1) is 0 Å². The van der Waals surface area contributed by atoms with Crippen LogP contribution in [0, 0.1) is 0 Å². The molecule has 138 valence electrons. The van der Waals surface area contributed by atoms with Crippen LogP contribution < -0.4 is 9.47 Å². The van der Waals surface area contributed by atoms with E-state index in [0.717, 1.165) is 49.6 Å². The summed E-state index contributed by atoms with van der Waals surface area (Å²) in [6.45, 7) is 3.75. The lowest BCUT2D eigenvalue weighted by Crippen LogP contribution is -2.47. The highest BCUT2D eigenvalue weighted by atomic mass is 16.7. The van der Waals surface area contributed by atoms with Crippen molar-refractivity contribution in [3.05, 3.63) is 35.1 Å². The van der Waals surface area contributed by atoms with Crippen LogP contribution in [0.5, 0.6) is 11.5 Å². The molecule has 1 aromatic carbocycles. The van der Waals surface area contributed by atoms with Crippen LogP contribution in [-0.4, -0.2) is 49.5 Å². The molecule has 1 aromatic rings. The van der Waals surface area contributed by atoms with Gasteiger partial charge in [-0.2, -0.15) is 0 Å². The third kappa shape index (κ3) is 2.11. The molecule has 0 N–H and O–H groups in total. The van der Waals surface area contributed by atoms with Gasteiger partial charge in [0.1, 0.15) is 5.76 Å². The van der Waals surface area contributed by atoms with Crippen LogP contribution in [0.2, 0.25) is 0 Å². The number of carbonyl (C=O) groups excluding carboxylic acids is 1. The summed E-state index contributed by atoms with van der Waals surface area (Å²) in [7, 11) is 1.66. The van der Waals surface area contributed by atoms with Gasteiger partial charge in [0, 0.05) is 13.5 Å². The molecule has 0 unspecified atom stereocenters. The van der Waals surface area contributed by atoms with Gasteiger partial charge in [0.2, 0.25) is 6.79 Å². The average molecular weight is 357 g/mol. The summed E-state index contributed by atoms with van der Waals surface area (Å²) in [4.78, 5) is 14.4. The smallest absolute Gasteiger partial charge is 0.303 e. The van der Waals surface area contributed by atoms with Crippen molar-refractivity contribution in [2.45, 2.75) is 43.7 Å². The fourth-order valence-electron chi connectivity index (χ4n) is 5.27. The molecule has 0 amide bonds. The first kappa shape index (κ1) is 16.0. The van der Waals surface area contributed by atoms with Crippen molar-refractivity contribution in [2.24, 2.45) is 0 Å². The van der Waals surface area contributed by atoms with E-state index in [-0.39, 0.29) is 24.2 Å². The fourth-order valence-corrected chi connectivity index (χ4v) is 5.27. The minimum Gasteiger partial charge on any atom is -0.497 e. The second kappa shape index (κ2) is 5.64. The van der Waals surface area contributed by atoms with E-state index in [4.69, 9.17) is 18.9 Å². The molecule has 26 heavy (non-hydrogen) atoms. The normalized spacial score (nSPS) is 31.5. The quantitative estimate of drug-likeness (QED) is 0.758. The minimum atomic E-state index is -0.407. The molecule has 1 saturated heterocycles. The number of fused-ring (bicyclic) bond motifs is 3. The Morgan fingerprint density at radius 3 is 2.85 bits per heavy atom. The van der Waals surface area contributed by atoms with Crippen LogP contribution in [0.4, 0.5) is 0 Å². The van der Waals surface area contributed by atoms with Crippen LogP contribution in [0.25, 0.3) is 0 Å². The van der Waals surface area contributed by atoms with Crippen LogP contribution in [0.3, 0.4) is 0 Å². The predicted octanol–water partition coefficient (Wildman–Crippen LogP) is 2.37. The van der Waals surface area contributed by atoms with Gasteiger partial charge in [-0.25, -0.2) is 0 Å². The molecule has 1 fully saturated rings. The Kier molecular flexibility index (Phi) is 3.47. The van der Waals surface area contributed by atoms with E-state index < -0.39 is 6.10 Å². The summed E-state index contributed by atoms with van der Waals surface area (Å²) in [5.74, 6) is 2.06. The predicted molar refractivity (Wildman–Crippen MR) is 93.2 cm³/mol. The Morgan fingerprint density at radius 2 is 2.08 bits per heavy atom. The Morgan fingerprint density at radius 1 is 1.27 bits per heavy atom. The van der Waals surface area contributed by atoms with Crippen molar-refractivity contribution in [1.82, 2.24) is 4.90 Å². The van der Waals surface area contributed by atoms with Crippen LogP contribution in [0.1, 0.15) is 36.8 Å². The first-order valence-electron chi connectivity index (χ1n) is 9.24. The number of hydrogen-bond acceptors (Lipinski definition) is 6. The number of ether oxygens (including phenoxy) is 4. The molecule has 0 radical (unpaired) electrons. The van der Waals surface area contributed by atoms with E-state index in [1.807, 2.05) is 0 Å². The van der Waals surface area contributed by atoms with E-state index in [2.05, 4.69) is 23.1 Å². The van der Waals surface area contributed by atoms with Gasteiger partial charge in [0.15, 0.2) is 17.6 Å². The molecule has 6 heteroatoms. The summed E-state index contributed by atoms with van der Waals surface area (Å²) in [6, 6.07) is 4.19. The average Bonchev–Trinajstić information content (AvgIpc) is 3.28.